The summed E-state index contributed by atoms with van der Waals surface area (Å²) in [7, 11) is -4.32. The molecule has 7 aromatic rings. The van der Waals surface area contributed by atoms with Crippen molar-refractivity contribution in [2.75, 3.05) is 21.7 Å². The van der Waals surface area contributed by atoms with E-state index in [-0.39, 0.29) is 144 Å². The Morgan fingerprint density at radius 3 is 1.37 bits per heavy atom. The average Bonchev–Trinajstić information content (AvgIpc) is 0.771. The van der Waals surface area contributed by atoms with Crippen LogP contribution in [-0.2, 0) is 84.3 Å². The number of nitrogens with zero attached hydrogens (tertiary/aromatic N) is 1. The number of amides is 9. The number of nitrogens with one attached hydrogen (secondary N) is 7. The molecular weight excluding hydrogens is 1580 g/mol. The molecule has 0 bridgehead atoms. The van der Waals surface area contributed by atoms with E-state index in [9.17, 15) is 27.6 Å². The first kappa shape index (κ1) is 94.2. The molecule has 0 saturated heterocycles. The highest BCUT2D eigenvalue weighted by Crippen LogP contribution is 2.45. The van der Waals surface area contributed by atoms with Crippen LogP contribution in [0.4, 0.5) is 26.7 Å². The van der Waals surface area contributed by atoms with Crippen LogP contribution in [0.15, 0.2) is 152 Å². The molecule has 13 atom stereocenters. The first-order chi connectivity index (χ1) is 58.3. The quantitative estimate of drug-likeness (QED) is 0.0212. The monoisotopic (exact) mass is 1700 g/mol. The van der Waals surface area contributed by atoms with E-state index in [0.29, 0.717) is 61.6 Å². The Morgan fingerprint density at radius 1 is 0.455 bits per heavy atom. The highest BCUT2D eigenvalue weighted by molar-refractivity contribution is 7.90. The fourth-order valence-electron chi connectivity index (χ4n) is 17.4. The second-order valence-electron chi connectivity index (χ2n) is 36.1. The number of rotatable bonds is 31. The molecule has 3 aliphatic carbocycles. The summed E-state index contributed by atoms with van der Waals surface area (Å²) in [6, 6.07) is 43.8. The first-order valence-corrected chi connectivity index (χ1v) is 45.1. The number of hydrogen-bond acceptors (Lipinski definition) is 16. The fraction of sp³-hybridized carbons (Fsp3) is 0.480. The summed E-state index contributed by atoms with van der Waals surface area (Å²) in [6.07, 6.45) is 1.28. The van der Waals surface area contributed by atoms with Crippen LogP contribution in [0.1, 0.15) is 231 Å². The Morgan fingerprint density at radius 2 is 0.894 bits per heavy atom. The number of sulfonamides is 1. The van der Waals surface area contributed by atoms with Gasteiger partial charge in [-0.1, -0.05) is 190 Å². The molecule has 7 aromatic carbocycles. The lowest BCUT2D eigenvalue weighted by atomic mass is 9.66. The van der Waals surface area contributed by atoms with E-state index in [1.807, 2.05) is 191 Å². The van der Waals surface area contributed by atoms with Gasteiger partial charge in [-0.05, 0) is 223 Å². The molecule has 25 heteroatoms. The van der Waals surface area contributed by atoms with Gasteiger partial charge in [0, 0.05) is 48.8 Å². The molecule has 123 heavy (non-hydrogen) atoms. The van der Waals surface area contributed by atoms with Gasteiger partial charge >= 0.3 is 12.2 Å². The SMILES string of the molecule is CCc1cc(NC(=O)[C@@H]2[C@@H](C)[C@H](NC(=O)c3cc(CC)cc(NC(=O)[C@H]4C[C@@H](N(C(=O)OC(C)(C)C)C(=O)c5cc(CC)cc(NC(=O)[C@@H]6C[C@H](NC(=O)OC(C)(C)C)[C@@H](C)C[C@H]6C)c5OCc5ccccc5)[C@H](C)C[C@@H]4C)c3OCc3ccccc3)[C@@H](C)C[C@H]2C)c(OCc2ccccc2)c(C(=O)NS(=O)(=O)CCCC(=O)NCc2ccc(C)cc2)c1. The van der Waals surface area contributed by atoms with E-state index in [1.54, 1.807) is 77.9 Å². The molecule has 24 nitrogen and oxygen atoms in total. The zero-order valence-electron chi connectivity index (χ0n) is 74.4. The van der Waals surface area contributed by atoms with Gasteiger partial charge in [0.05, 0.1) is 39.5 Å². The van der Waals surface area contributed by atoms with Crippen molar-refractivity contribution in [1.82, 2.24) is 25.6 Å². The minimum atomic E-state index is -4.32. The van der Waals surface area contributed by atoms with Crippen molar-refractivity contribution in [3.8, 4) is 17.2 Å². The number of hydrogen-bond donors (Lipinski definition) is 7. The molecule has 10 rings (SSSR count). The van der Waals surface area contributed by atoms with Gasteiger partial charge in [-0.3, -0.25) is 33.6 Å². The van der Waals surface area contributed by atoms with Crippen molar-refractivity contribution in [2.24, 2.45) is 59.2 Å². The van der Waals surface area contributed by atoms with Crippen LogP contribution in [0.2, 0.25) is 0 Å². The van der Waals surface area contributed by atoms with Gasteiger partial charge in [-0.25, -0.2) is 27.6 Å². The summed E-state index contributed by atoms with van der Waals surface area (Å²) >= 11 is 0. The number of aryl methyl sites for hydroxylation is 4. The summed E-state index contributed by atoms with van der Waals surface area (Å²) in [4.78, 5) is 135. The van der Waals surface area contributed by atoms with Crippen LogP contribution in [0.5, 0.6) is 17.2 Å². The van der Waals surface area contributed by atoms with Crippen molar-refractivity contribution in [1.29, 1.82) is 0 Å². The predicted molar refractivity (Wildman–Crippen MR) is 477 cm³/mol. The molecule has 3 aliphatic rings. The number of carbonyl (C=O) groups excluding carboxylic acids is 9. The summed E-state index contributed by atoms with van der Waals surface area (Å²) in [5, 5.41) is 18.7. The van der Waals surface area contributed by atoms with Gasteiger partial charge < -0.3 is 55.6 Å². The third-order valence-corrected chi connectivity index (χ3v) is 25.3. The smallest absolute Gasteiger partial charge is 0.417 e. The Kier molecular flexibility index (Phi) is 32.1. The molecular formula is C98H126N8O16S. The largest absolute Gasteiger partial charge is 0.486 e. The van der Waals surface area contributed by atoms with Crippen molar-refractivity contribution in [3.63, 3.8) is 0 Å². The van der Waals surface area contributed by atoms with Crippen molar-refractivity contribution in [3.05, 3.63) is 213 Å². The molecule has 0 aromatic heterocycles. The minimum absolute atomic E-state index is 0.0163. The van der Waals surface area contributed by atoms with Crippen LogP contribution in [0.25, 0.3) is 0 Å². The number of alkyl carbamates (subject to hydrolysis) is 1. The lowest BCUT2D eigenvalue weighted by Gasteiger charge is -2.43. The van der Waals surface area contributed by atoms with Gasteiger partial charge in [-0.15, -0.1) is 0 Å². The van der Waals surface area contributed by atoms with Gasteiger partial charge in [0.25, 0.3) is 17.7 Å². The van der Waals surface area contributed by atoms with Gasteiger partial charge in [0.1, 0.15) is 31.0 Å². The Balaban J connectivity index is 0.930. The lowest BCUT2D eigenvalue weighted by molar-refractivity contribution is -0.126. The normalized spacial score (nSPS) is 21.5. The maximum Gasteiger partial charge on any atom is 0.417 e. The van der Waals surface area contributed by atoms with Crippen LogP contribution >= 0.6 is 0 Å². The maximum atomic E-state index is 16.3. The van der Waals surface area contributed by atoms with Crippen LogP contribution < -0.4 is 50.8 Å². The minimum Gasteiger partial charge on any atom is -0.486 e. The zero-order valence-corrected chi connectivity index (χ0v) is 75.2. The van der Waals surface area contributed by atoms with E-state index in [2.05, 4.69) is 36.6 Å². The molecule has 0 unspecified atom stereocenters. The van der Waals surface area contributed by atoms with Crippen molar-refractivity contribution >= 4 is 80.6 Å². The number of anilines is 3. The summed E-state index contributed by atoms with van der Waals surface area (Å²) in [6.45, 7) is 32.2. The standard InChI is InChI=1S/C98H126N8O16S/c1-18-66-46-75(91(110)104-85-64(10)45-63(9)84(65(85)11)93(112)102-80-50-67(19-2)47-76(87(80)119-56-71-33-26-22-27-34-71)92(111)105-123(116,117)42-30-37-83(107)99-54-69-40-38-58(4)39-41-69)86(118-55-70-31-24-21-25-32-70)79(49-66)100-90(109)74-53-82(62(8)44-60(74)6)106(96(115)122-98(15,16)17)94(113)77-48-68(20-3)51-81(88(77)120-57-72-35-28-23-29-36-72)101-89(108)73-52-78(61(7)43-59(73)5)103-95(114)121-97(12,13)14/h21-29,31-36,38-41,46-51,59-65,73-74,78,82,84-85H,18-20,30,37,42-45,52-57H2,1-17H3,(H,99,107)(H,100,109)(H,101,108)(H,102,112)(H,103,114)(H,104,110)(H,105,111)/t59-,60+,61+,62-,63-,64+,65-,73-,74+,78+,82-,84+,85-/m1/s1. The summed E-state index contributed by atoms with van der Waals surface area (Å²) < 4.78 is 61.5. The van der Waals surface area contributed by atoms with Gasteiger partial charge in [-0.2, -0.15) is 0 Å². The first-order valence-electron chi connectivity index (χ1n) is 43.5. The third kappa shape index (κ3) is 25.6. The Hall–Kier alpha value is -11.1. The highest BCUT2D eigenvalue weighted by Gasteiger charge is 2.48. The van der Waals surface area contributed by atoms with E-state index in [4.69, 9.17) is 23.7 Å². The van der Waals surface area contributed by atoms with E-state index < -0.39 is 110 Å². The molecule has 0 aliphatic heterocycles. The van der Waals surface area contributed by atoms with Gasteiger partial charge in [0.15, 0.2) is 17.2 Å². The molecule has 0 radical (unpaired) electrons. The Labute approximate surface area is 726 Å². The number of ether oxygens (including phenoxy) is 5. The predicted octanol–water partition coefficient (Wildman–Crippen LogP) is 17.8. The molecule has 7 N–H and O–H groups in total. The van der Waals surface area contributed by atoms with Crippen LogP contribution in [-0.4, -0.2) is 102 Å². The lowest BCUT2D eigenvalue weighted by Crippen LogP contribution is -2.54. The second-order valence-corrected chi connectivity index (χ2v) is 38.0. The summed E-state index contributed by atoms with van der Waals surface area (Å²) in [5.74, 6) is -8.37. The Bertz CT molecular complexity index is 5010. The molecule has 0 spiro atoms. The second kappa shape index (κ2) is 41.9. The third-order valence-electron chi connectivity index (χ3n) is 23.9. The number of carbonyl (C=O) groups is 9. The maximum absolute atomic E-state index is 16.3. The average molecular weight is 1700 g/mol. The number of imide groups is 1. The van der Waals surface area contributed by atoms with E-state index in [0.717, 1.165) is 32.7 Å². The molecule has 660 valence electrons. The van der Waals surface area contributed by atoms with Gasteiger partial charge in [0.2, 0.25) is 33.7 Å². The fourth-order valence-corrected chi connectivity index (χ4v) is 18.4. The molecule has 3 saturated carbocycles. The van der Waals surface area contributed by atoms with Crippen molar-refractivity contribution < 1.29 is 75.3 Å². The molecule has 9 amide bonds. The molecule has 0 heterocycles. The van der Waals surface area contributed by atoms with Crippen LogP contribution in [0.3, 0.4) is 0 Å². The van der Waals surface area contributed by atoms with Crippen molar-refractivity contribution in [2.45, 2.75) is 238 Å². The highest BCUT2D eigenvalue weighted by atomic mass is 32.2. The zero-order chi connectivity index (χ0) is 89.4. The van der Waals surface area contributed by atoms with Crippen LogP contribution in [0, 0.1) is 66.1 Å². The topological polar surface area (TPSA) is 321 Å². The summed E-state index contributed by atoms with van der Waals surface area (Å²) in [5.41, 5.74) is 4.81. The molecule has 3 fully saturated rings. The number of benzene rings is 7. The van der Waals surface area contributed by atoms with E-state index >= 15 is 24.0 Å². The van der Waals surface area contributed by atoms with E-state index in [1.165, 1.54) is 0 Å².